The largest absolute Gasteiger partial charge is 0.464 e. The topological polar surface area (TPSA) is 38.3 Å². The van der Waals surface area contributed by atoms with Gasteiger partial charge >= 0.3 is 5.97 Å². The first-order chi connectivity index (χ1) is 10.8. The summed E-state index contributed by atoms with van der Waals surface area (Å²) in [6, 6.07) is 16.7. The van der Waals surface area contributed by atoms with Crippen molar-refractivity contribution >= 4 is 5.97 Å². The van der Waals surface area contributed by atoms with Gasteiger partial charge in [0.25, 0.3) is 0 Å². The maximum absolute atomic E-state index is 11.5. The zero-order chi connectivity index (χ0) is 15.9. The average Bonchev–Trinajstić information content (AvgIpc) is 2.89. The molecule has 2 aromatic carbocycles. The molecule has 0 heterocycles. The number of carbonyl (C=O) groups is 1. The van der Waals surface area contributed by atoms with E-state index in [0.717, 1.165) is 0 Å². The first kappa shape index (κ1) is 16.2. The normalized spacial score (nSPS) is 12.0. The molecular formula is C19H23NO2. The van der Waals surface area contributed by atoms with E-state index in [-0.39, 0.29) is 18.4 Å². The molecule has 0 saturated heterocycles. The fraction of sp³-hybridized carbons (Fsp3) is 0.316. The van der Waals surface area contributed by atoms with Crippen molar-refractivity contribution in [3.8, 4) is 11.1 Å². The van der Waals surface area contributed by atoms with Crippen LogP contribution in [0.25, 0.3) is 11.1 Å². The van der Waals surface area contributed by atoms with E-state index in [1.807, 2.05) is 38.1 Å². The summed E-state index contributed by atoms with van der Waals surface area (Å²) in [5.74, 6) is -0.0717. The van der Waals surface area contributed by atoms with Gasteiger partial charge in [0.2, 0.25) is 0 Å². The average molecular weight is 297 g/mol. The molecule has 0 saturated carbocycles. The Balaban J connectivity index is 0.000000847. The van der Waals surface area contributed by atoms with Gasteiger partial charge in [-0.05, 0) is 29.3 Å². The molecule has 0 atom stereocenters. The molecule has 0 fully saturated rings. The molecule has 0 radical (unpaired) electrons. The van der Waals surface area contributed by atoms with Crippen LogP contribution in [0.15, 0.2) is 48.5 Å². The summed E-state index contributed by atoms with van der Waals surface area (Å²) in [7, 11) is 1.74. The maximum atomic E-state index is 11.5. The quantitative estimate of drug-likeness (QED) is 0.877. The van der Waals surface area contributed by atoms with Crippen molar-refractivity contribution in [3.63, 3.8) is 0 Å². The summed E-state index contributed by atoms with van der Waals surface area (Å²) >= 11 is 0. The smallest absolute Gasteiger partial charge is 0.319 e. The minimum atomic E-state index is -0.214. The highest BCUT2D eigenvalue weighted by Crippen LogP contribution is 2.44. The standard InChI is InChI=1S/C17H17NO2.C2H6/c1-18-10-17(19)20-11-16-14-8-4-2-6-12(14)13-7-3-5-9-15(13)16;1-2/h2-9,16,18H,10-11H2,1H3;1-2H3. The van der Waals surface area contributed by atoms with Gasteiger partial charge in [-0.1, -0.05) is 62.4 Å². The second kappa shape index (κ2) is 7.76. The fourth-order valence-corrected chi connectivity index (χ4v) is 2.81. The summed E-state index contributed by atoms with van der Waals surface area (Å²) in [5, 5.41) is 2.81. The number of hydrogen-bond donors (Lipinski definition) is 1. The SMILES string of the molecule is CC.CNCC(=O)OCC1c2ccccc2-c2ccccc21. The van der Waals surface area contributed by atoms with Crippen molar-refractivity contribution in [2.75, 3.05) is 20.2 Å². The van der Waals surface area contributed by atoms with Crippen LogP contribution in [0.1, 0.15) is 30.9 Å². The Bertz CT molecular complexity index is 591. The first-order valence-corrected chi connectivity index (χ1v) is 7.79. The highest BCUT2D eigenvalue weighted by Gasteiger charge is 2.28. The molecule has 0 aromatic heterocycles. The molecular weight excluding hydrogens is 274 g/mol. The van der Waals surface area contributed by atoms with Crippen molar-refractivity contribution in [2.24, 2.45) is 0 Å². The van der Waals surface area contributed by atoms with E-state index < -0.39 is 0 Å². The molecule has 3 heteroatoms. The van der Waals surface area contributed by atoms with Crippen molar-refractivity contribution in [1.82, 2.24) is 5.32 Å². The zero-order valence-electron chi connectivity index (χ0n) is 13.4. The maximum Gasteiger partial charge on any atom is 0.319 e. The summed E-state index contributed by atoms with van der Waals surface area (Å²) in [6.07, 6.45) is 0. The second-order valence-corrected chi connectivity index (χ2v) is 4.94. The highest BCUT2D eigenvalue weighted by molar-refractivity contribution is 5.79. The molecule has 116 valence electrons. The Kier molecular flexibility index (Phi) is 5.73. The summed E-state index contributed by atoms with van der Waals surface area (Å²) in [4.78, 5) is 11.5. The minimum absolute atomic E-state index is 0.142. The second-order valence-electron chi connectivity index (χ2n) is 4.94. The number of esters is 1. The van der Waals surface area contributed by atoms with E-state index in [9.17, 15) is 4.79 Å². The third-order valence-corrected chi connectivity index (χ3v) is 3.69. The molecule has 0 spiro atoms. The lowest BCUT2D eigenvalue weighted by atomic mass is 9.98. The van der Waals surface area contributed by atoms with Gasteiger partial charge in [-0.2, -0.15) is 0 Å². The van der Waals surface area contributed by atoms with Gasteiger partial charge in [0.15, 0.2) is 0 Å². The van der Waals surface area contributed by atoms with E-state index in [1.54, 1.807) is 7.05 Å². The zero-order valence-corrected chi connectivity index (χ0v) is 13.4. The Labute approximate surface area is 132 Å². The van der Waals surface area contributed by atoms with Gasteiger partial charge in [0.05, 0.1) is 6.54 Å². The lowest BCUT2D eigenvalue weighted by Gasteiger charge is -2.14. The summed E-state index contributed by atoms with van der Waals surface area (Å²) in [5.41, 5.74) is 4.98. The third kappa shape index (κ3) is 3.20. The number of rotatable bonds is 4. The molecule has 1 N–H and O–H groups in total. The number of benzene rings is 2. The van der Waals surface area contributed by atoms with Crippen LogP contribution in [-0.2, 0) is 9.53 Å². The van der Waals surface area contributed by atoms with Crippen LogP contribution in [0, 0.1) is 0 Å². The molecule has 0 aliphatic heterocycles. The van der Waals surface area contributed by atoms with Gasteiger partial charge in [0.1, 0.15) is 6.61 Å². The van der Waals surface area contributed by atoms with Gasteiger partial charge in [-0.3, -0.25) is 4.79 Å². The third-order valence-electron chi connectivity index (χ3n) is 3.69. The van der Waals surface area contributed by atoms with Crippen LogP contribution in [-0.4, -0.2) is 26.2 Å². The van der Waals surface area contributed by atoms with E-state index in [0.29, 0.717) is 6.61 Å². The number of fused-ring (bicyclic) bond motifs is 3. The van der Waals surface area contributed by atoms with E-state index >= 15 is 0 Å². The van der Waals surface area contributed by atoms with Crippen LogP contribution in [0.2, 0.25) is 0 Å². The fourth-order valence-electron chi connectivity index (χ4n) is 2.81. The predicted molar refractivity (Wildman–Crippen MR) is 90.0 cm³/mol. The number of carbonyl (C=O) groups excluding carboxylic acids is 1. The monoisotopic (exact) mass is 297 g/mol. The Morgan fingerprint density at radius 1 is 1.00 bits per heavy atom. The molecule has 2 aromatic rings. The van der Waals surface area contributed by atoms with E-state index in [4.69, 9.17) is 4.74 Å². The highest BCUT2D eigenvalue weighted by atomic mass is 16.5. The van der Waals surface area contributed by atoms with Crippen LogP contribution < -0.4 is 5.32 Å². The first-order valence-electron chi connectivity index (χ1n) is 7.79. The van der Waals surface area contributed by atoms with Crippen molar-refractivity contribution < 1.29 is 9.53 Å². The number of ether oxygens (including phenoxy) is 1. The molecule has 0 unspecified atom stereocenters. The Morgan fingerprint density at radius 3 is 2.00 bits per heavy atom. The number of nitrogens with one attached hydrogen (secondary N) is 1. The van der Waals surface area contributed by atoms with Crippen LogP contribution in [0.5, 0.6) is 0 Å². The van der Waals surface area contributed by atoms with Crippen LogP contribution in [0.3, 0.4) is 0 Å². The molecule has 0 bridgehead atoms. The van der Waals surface area contributed by atoms with Crippen molar-refractivity contribution in [2.45, 2.75) is 19.8 Å². The van der Waals surface area contributed by atoms with E-state index in [1.165, 1.54) is 22.3 Å². The van der Waals surface area contributed by atoms with Gasteiger partial charge in [0, 0.05) is 5.92 Å². The molecule has 3 rings (SSSR count). The van der Waals surface area contributed by atoms with Crippen molar-refractivity contribution in [3.05, 3.63) is 59.7 Å². The number of hydrogen-bond acceptors (Lipinski definition) is 3. The summed E-state index contributed by atoms with van der Waals surface area (Å²) < 4.78 is 5.38. The molecule has 0 amide bonds. The number of likely N-dealkylation sites (N-methyl/N-ethyl adjacent to an activating group) is 1. The summed E-state index contributed by atoms with van der Waals surface area (Å²) in [6.45, 7) is 4.64. The minimum Gasteiger partial charge on any atom is -0.464 e. The lowest BCUT2D eigenvalue weighted by Crippen LogP contribution is -2.22. The van der Waals surface area contributed by atoms with Crippen LogP contribution >= 0.6 is 0 Å². The Hall–Kier alpha value is -2.13. The van der Waals surface area contributed by atoms with Crippen LogP contribution in [0.4, 0.5) is 0 Å². The molecule has 3 nitrogen and oxygen atoms in total. The Morgan fingerprint density at radius 2 is 1.50 bits per heavy atom. The van der Waals surface area contributed by atoms with E-state index in [2.05, 4.69) is 29.6 Å². The lowest BCUT2D eigenvalue weighted by molar-refractivity contribution is -0.142. The predicted octanol–water partition coefficient (Wildman–Crippen LogP) is 3.59. The van der Waals surface area contributed by atoms with Gasteiger partial charge in [-0.15, -0.1) is 0 Å². The molecule has 22 heavy (non-hydrogen) atoms. The van der Waals surface area contributed by atoms with Gasteiger partial charge < -0.3 is 10.1 Å². The molecule has 1 aliphatic carbocycles. The van der Waals surface area contributed by atoms with Gasteiger partial charge in [-0.25, -0.2) is 0 Å². The van der Waals surface area contributed by atoms with Crippen molar-refractivity contribution in [1.29, 1.82) is 0 Å². The molecule has 1 aliphatic rings.